The fourth-order valence-corrected chi connectivity index (χ4v) is 5.32. The number of H-pyrrole nitrogens is 1. The van der Waals surface area contributed by atoms with Crippen LogP contribution in [-0.2, 0) is 11.2 Å². The number of quaternary nitrogens is 1. The molecule has 7 heteroatoms. The van der Waals surface area contributed by atoms with Crippen molar-refractivity contribution in [2.24, 2.45) is 5.92 Å². The number of nitrogens with zero attached hydrogens (tertiary/aromatic N) is 2. The van der Waals surface area contributed by atoms with E-state index in [4.69, 9.17) is 0 Å². The summed E-state index contributed by atoms with van der Waals surface area (Å²) < 4.78 is -1.06. The molecule has 2 unspecified atom stereocenters. The number of carbonyl (C=O) groups is 2. The predicted octanol–water partition coefficient (Wildman–Crippen LogP) is 1.69. The maximum atomic E-state index is 12.8. The van der Waals surface area contributed by atoms with E-state index in [9.17, 15) is 14.8 Å². The number of urea groups is 1. The van der Waals surface area contributed by atoms with Gasteiger partial charge in [-0.15, -0.1) is 0 Å². The average molecular weight is 354 g/mol. The van der Waals surface area contributed by atoms with Gasteiger partial charge in [0.25, 0.3) is 5.91 Å². The molecule has 136 valence electrons. The number of hydrogen-bond acceptors (Lipinski definition) is 4. The lowest BCUT2D eigenvalue weighted by atomic mass is 9.72. The first-order chi connectivity index (χ1) is 12.4. The number of piperidine rings is 1. The van der Waals surface area contributed by atoms with E-state index in [1.807, 2.05) is 0 Å². The van der Waals surface area contributed by atoms with E-state index in [0.29, 0.717) is 12.0 Å². The summed E-state index contributed by atoms with van der Waals surface area (Å²) in [6.45, 7) is 0.659. The van der Waals surface area contributed by atoms with Crippen LogP contribution in [0.25, 0.3) is 10.9 Å². The molecule has 1 aromatic carbocycles. The number of fused-ring (bicyclic) bond motifs is 2. The highest BCUT2D eigenvalue weighted by Gasteiger charge is 2.45. The molecule has 0 saturated carbocycles. The molecule has 2 aliphatic heterocycles. The number of aromatic nitrogens is 1. The minimum Gasteiger partial charge on any atom is -0.623 e. The summed E-state index contributed by atoms with van der Waals surface area (Å²) in [6.07, 6.45) is 3.99. The van der Waals surface area contributed by atoms with Gasteiger partial charge in [0.05, 0.1) is 6.54 Å². The zero-order valence-corrected chi connectivity index (χ0v) is 14.7. The zero-order valence-electron chi connectivity index (χ0n) is 14.7. The van der Waals surface area contributed by atoms with Crippen molar-refractivity contribution >= 4 is 22.8 Å². The lowest BCUT2D eigenvalue weighted by Gasteiger charge is -2.47. The zero-order chi connectivity index (χ0) is 18.1. The number of aromatic amines is 1. The molecule has 26 heavy (non-hydrogen) atoms. The van der Waals surface area contributed by atoms with Crippen molar-refractivity contribution in [3.63, 3.8) is 0 Å². The number of likely N-dealkylation sites (tertiary alicyclic amines) is 1. The number of hydrogen-bond donors (Lipinski definition) is 2. The first-order valence-corrected chi connectivity index (χ1v) is 9.16. The van der Waals surface area contributed by atoms with Crippen LogP contribution in [0.1, 0.15) is 23.5 Å². The third-order valence-corrected chi connectivity index (χ3v) is 6.38. The van der Waals surface area contributed by atoms with Gasteiger partial charge in [0, 0.05) is 41.5 Å². The highest BCUT2D eigenvalue weighted by Crippen LogP contribution is 2.44. The third kappa shape index (κ3) is 2.24. The predicted molar refractivity (Wildman–Crippen MR) is 96.2 cm³/mol. The molecule has 2 N–H and O–H groups in total. The van der Waals surface area contributed by atoms with Gasteiger partial charge in [-0.25, -0.2) is 10.1 Å². The molecule has 3 heterocycles. The first-order valence-electron chi connectivity index (χ1n) is 9.16. The van der Waals surface area contributed by atoms with Crippen molar-refractivity contribution < 1.29 is 14.2 Å². The van der Waals surface area contributed by atoms with Crippen LogP contribution in [0.3, 0.4) is 0 Å². The fourth-order valence-electron chi connectivity index (χ4n) is 5.32. The van der Waals surface area contributed by atoms with Crippen molar-refractivity contribution in [1.29, 1.82) is 0 Å². The average Bonchev–Trinajstić information content (AvgIpc) is 3.10. The molecule has 1 aromatic heterocycles. The standard InChI is InChI=1S/C19H22N4O3/c1-22-8-11(9-23(26)10-17(24)21-19(23)25)5-14-13-3-2-4-15-18(13)12(7-20-15)6-16(14)22/h2-4,7,11,14,16,20H,5-6,8-10H2,1H3,(H,21,24,25)/t11?,14-,16-,23?/m1/s1. The topological polar surface area (TPSA) is 88.3 Å². The molecule has 5 rings (SSSR count). The van der Waals surface area contributed by atoms with Gasteiger partial charge in [-0.3, -0.25) is 9.44 Å². The third-order valence-electron chi connectivity index (χ3n) is 6.38. The van der Waals surface area contributed by atoms with Gasteiger partial charge >= 0.3 is 6.03 Å². The molecule has 0 bridgehead atoms. The number of benzene rings is 1. The Balaban J connectivity index is 1.46. The van der Waals surface area contributed by atoms with Gasteiger partial charge in [0.1, 0.15) is 0 Å². The fraction of sp³-hybridized carbons (Fsp3) is 0.474. The number of imide groups is 1. The SMILES string of the molecule is CN1CC(C[N+]2([O-])CC(=O)NC2=O)C[C@@H]2c3cccc4[nH]cc(c34)C[C@H]21. The van der Waals surface area contributed by atoms with Crippen molar-refractivity contribution in [3.8, 4) is 0 Å². The van der Waals surface area contributed by atoms with E-state index in [1.54, 1.807) is 0 Å². The number of likely N-dealkylation sites (N-methyl/N-ethyl adjacent to an activating group) is 1. The largest absolute Gasteiger partial charge is 0.623 e. The van der Waals surface area contributed by atoms with Crippen LogP contribution in [0, 0.1) is 11.1 Å². The Morgan fingerprint density at radius 2 is 2.19 bits per heavy atom. The van der Waals surface area contributed by atoms with E-state index in [2.05, 4.69) is 46.6 Å². The normalized spacial score (nSPS) is 34.2. The summed E-state index contributed by atoms with van der Waals surface area (Å²) in [5.41, 5.74) is 3.86. The molecule has 2 fully saturated rings. The summed E-state index contributed by atoms with van der Waals surface area (Å²) in [4.78, 5) is 29.1. The summed E-state index contributed by atoms with van der Waals surface area (Å²) in [5, 5.41) is 16.3. The summed E-state index contributed by atoms with van der Waals surface area (Å²) in [5.74, 6) is -0.0312. The molecule has 2 saturated heterocycles. The highest BCUT2D eigenvalue weighted by molar-refractivity contribution is 5.97. The lowest BCUT2D eigenvalue weighted by molar-refractivity contribution is -0.788. The van der Waals surface area contributed by atoms with Crippen LogP contribution in [0.15, 0.2) is 24.4 Å². The van der Waals surface area contributed by atoms with Gasteiger partial charge in [-0.1, -0.05) is 12.1 Å². The Hall–Kier alpha value is -2.22. The molecule has 1 aliphatic carbocycles. The molecule has 2 aromatic rings. The Kier molecular flexibility index (Phi) is 3.31. The maximum Gasteiger partial charge on any atom is 0.423 e. The summed E-state index contributed by atoms with van der Waals surface area (Å²) in [7, 11) is 2.10. The van der Waals surface area contributed by atoms with Crippen LogP contribution in [0.2, 0.25) is 0 Å². The minimum absolute atomic E-state index is 0.0890. The Morgan fingerprint density at radius 1 is 1.35 bits per heavy atom. The van der Waals surface area contributed by atoms with Gasteiger partial charge in [-0.05, 0) is 37.1 Å². The van der Waals surface area contributed by atoms with Crippen molar-refractivity contribution in [3.05, 3.63) is 40.7 Å². The van der Waals surface area contributed by atoms with Crippen molar-refractivity contribution in [2.75, 3.05) is 26.7 Å². The van der Waals surface area contributed by atoms with E-state index >= 15 is 0 Å². The highest BCUT2D eigenvalue weighted by atomic mass is 16.6. The van der Waals surface area contributed by atoms with Crippen LogP contribution in [0.5, 0.6) is 0 Å². The van der Waals surface area contributed by atoms with Gasteiger partial charge in [-0.2, -0.15) is 0 Å². The summed E-state index contributed by atoms with van der Waals surface area (Å²) >= 11 is 0. The number of amides is 3. The summed E-state index contributed by atoms with van der Waals surface area (Å²) in [6, 6.07) is 6.08. The van der Waals surface area contributed by atoms with Gasteiger partial charge in [0.15, 0.2) is 6.54 Å². The first kappa shape index (κ1) is 16.0. The van der Waals surface area contributed by atoms with Crippen LogP contribution < -0.4 is 5.32 Å². The second-order valence-corrected chi connectivity index (χ2v) is 8.09. The Bertz CT molecular complexity index is 923. The van der Waals surface area contributed by atoms with Crippen LogP contribution in [0.4, 0.5) is 4.79 Å². The van der Waals surface area contributed by atoms with E-state index in [-0.39, 0.29) is 19.0 Å². The van der Waals surface area contributed by atoms with Gasteiger partial charge < -0.3 is 15.1 Å². The molecule has 7 nitrogen and oxygen atoms in total. The van der Waals surface area contributed by atoms with Crippen LogP contribution in [-0.4, -0.2) is 59.2 Å². The Labute approximate surface area is 151 Å². The number of hydroxylamine groups is 3. The Morgan fingerprint density at radius 3 is 2.96 bits per heavy atom. The molecule has 0 spiro atoms. The van der Waals surface area contributed by atoms with E-state index < -0.39 is 16.6 Å². The molecule has 4 atom stereocenters. The number of nitrogens with one attached hydrogen (secondary N) is 2. The van der Waals surface area contributed by atoms with Crippen molar-refractivity contribution in [1.82, 2.24) is 15.2 Å². The lowest BCUT2D eigenvalue weighted by Crippen LogP contribution is -2.54. The van der Waals surface area contributed by atoms with E-state index in [1.165, 1.54) is 16.5 Å². The van der Waals surface area contributed by atoms with Crippen LogP contribution >= 0.6 is 0 Å². The second-order valence-electron chi connectivity index (χ2n) is 8.09. The molecule has 3 aliphatic rings. The van der Waals surface area contributed by atoms with Crippen molar-refractivity contribution in [2.45, 2.75) is 24.8 Å². The molecule has 0 radical (unpaired) electrons. The molecular weight excluding hydrogens is 332 g/mol. The monoisotopic (exact) mass is 354 g/mol. The second kappa shape index (κ2) is 5.39. The quantitative estimate of drug-likeness (QED) is 0.488. The molecular formula is C19H22N4O3. The van der Waals surface area contributed by atoms with E-state index in [0.717, 1.165) is 24.9 Å². The number of carbonyl (C=O) groups excluding carboxylic acids is 2. The number of rotatable bonds is 2. The molecule has 3 amide bonds. The minimum atomic E-state index is -1.06. The maximum absolute atomic E-state index is 12.8. The van der Waals surface area contributed by atoms with Gasteiger partial charge in [0.2, 0.25) is 0 Å². The smallest absolute Gasteiger partial charge is 0.423 e.